The Morgan fingerprint density at radius 1 is 1.07 bits per heavy atom. The van der Waals surface area contributed by atoms with E-state index in [2.05, 4.69) is 15.3 Å². The summed E-state index contributed by atoms with van der Waals surface area (Å²) in [6, 6.07) is 18.9. The largest absolute Gasteiger partial charge is 0.481 e. The van der Waals surface area contributed by atoms with Crippen LogP contribution in [0.3, 0.4) is 0 Å². The summed E-state index contributed by atoms with van der Waals surface area (Å²) >= 11 is 0. The number of nitrogens with two attached hydrogens (primary N) is 1. The standard InChI is InChI=1S/C23H23N5O2/c1-14-8-7-9-16-12-18(15(2)25-19-13-20(30-3)27-23(24)26-19)28(22(29)21(14)16)17-10-5-4-6-11-17/h4-13,15H,1-3H3,(H3,24,25,26,27)/t15-/m0/s1. The predicted molar refractivity (Wildman–Crippen MR) is 119 cm³/mol. The van der Waals surface area contributed by atoms with E-state index >= 15 is 0 Å². The van der Waals surface area contributed by atoms with Gasteiger partial charge in [0.2, 0.25) is 11.8 Å². The minimum Gasteiger partial charge on any atom is -0.481 e. The molecule has 4 aromatic rings. The highest BCUT2D eigenvalue weighted by Gasteiger charge is 2.18. The van der Waals surface area contributed by atoms with Crippen molar-refractivity contribution in [2.45, 2.75) is 19.9 Å². The Labute approximate surface area is 174 Å². The highest BCUT2D eigenvalue weighted by molar-refractivity contribution is 5.85. The maximum Gasteiger partial charge on any atom is 0.263 e. The molecule has 0 radical (unpaired) electrons. The molecule has 0 unspecified atom stereocenters. The van der Waals surface area contributed by atoms with E-state index in [1.165, 1.54) is 7.11 Å². The Kier molecular flexibility index (Phi) is 5.10. The number of nitrogens with zero attached hydrogens (tertiary/aromatic N) is 3. The summed E-state index contributed by atoms with van der Waals surface area (Å²) in [6.45, 7) is 3.93. The molecule has 0 amide bonds. The second kappa shape index (κ2) is 7.87. The number of para-hydroxylation sites is 1. The SMILES string of the molecule is COc1cc(N[C@@H](C)c2cc3cccc(C)c3c(=O)n2-c2ccccc2)nc(N)n1. The molecule has 0 aliphatic heterocycles. The highest BCUT2D eigenvalue weighted by atomic mass is 16.5. The van der Waals surface area contributed by atoms with Crippen molar-refractivity contribution in [2.75, 3.05) is 18.2 Å². The Morgan fingerprint density at radius 3 is 2.57 bits per heavy atom. The first kappa shape index (κ1) is 19.4. The van der Waals surface area contributed by atoms with Crippen LogP contribution in [0, 0.1) is 6.92 Å². The van der Waals surface area contributed by atoms with Crippen LogP contribution in [0.2, 0.25) is 0 Å². The normalized spacial score (nSPS) is 12.0. The van der Waals surface area contributed by atoms with Crippen molar-refractivity contribution in [3.05, 3.63) is 82.3 Å². The quantitative estimate of drug-likeness (QED) is 0.527. The van der Waals surface area contributed by atoms with Crippen LogP contribution < -0.4 is 21.3 Å². The van der Waals surface area contributed by atoms with E-state index in [0.29, 0.717) is 17.1 Å². The molecule has 0 spiro atoms. The molecule has 0 aliphatic rings. The molecule has 0 saturated carbocycles. The molecule has 0 saturated heterocycles. The first-order chi connectivity index (χ1) is 14.5. The van der Waals surface area contributed by atoms with Crippen LogP contribution in [0.25, 0.3) is 16.5 Å². The zero-order valence-electron chi connectivity index (χ0n) is 17.1. The van der Waals surface area contributed by atoms with E-state index < -0.39 is 0 Å². The second-order valence-corrected chi connectivity index (χ2v) is 7.10. The third-order valence-electron chi connectivity index (χ3n) is 5.04. The molecule has 7 nitrogen and oxygen atoms in total. The molecule has 2 aromatic heterocycles. The van der Waals surface area contributed by atoms with Crippen LogP contribution in [-0.4, -0.2) is 21.6 Å². The number of nitrogen functional groups attached to an aromatic ring is 1. The minimum absolute atomic E-state index is 0.0553. The van der Waals surface area contributed by atoms with Gasteiger partial charge in [-0.05, 0) is 43.0 Å². The van der Waals surface area contributed by atoms with Crippen LogP contribution in [0.4, 0.5) is 11.8 Å². The fraction of sp³-hybridized carbons (Fsp3) is 0.174. The molecule has 1 atom stereocenters. The predicted octanol–water partition coefficient (Wildman–Crippen LogP) is 3.85. The molecular weight excluding hydrogens is 378 g/mol. The molecule has 2 aromatic carbocycles. The van der Waals surface area contributed by atoms with E-state index in [1.54, 1.807) is 10.6 Å². The van der Waals surface area contributed by atoms with E-state index in [0.717, 1.165) is 22.3 Å². The van der Waals surface area contributed by atoms with Crippen molar-refractivity contribution in [1.82, 2.24) is 14.5 Å². The van der Waals surface area contributed by atoms with Gasteiger partial charge in [-0.1, -0.05) is 36.4 Å². The number of anilines is 2. The lowest BCUT2D eigenvalue weighted by Gasteiger charge is -2.22. The Morgan fingerprint density at radius 2 is 1.83 bits per heavy atom. The van der Waals surface area contributed by atoms with Crippen molar-refractivity contribution < 1.29 is 4.74 Å². The van der Waals surface area contributed by atoms with Gasteiger partial charge in [0.15, 0.2) is 0 Å². The lowest BCUT2D eigenvalue weighted by molar-refractivity contribution is 0.398. The monoisotopic (exact) mass is 401 g/mol. The van der Waals surface area contributed by atoms with Crippen LogP contribution in [0.5, 0.6) is 5.88 Å². The van der Waals surface area contributed by atoms with Gasteiger partial charge in [-0.25, -0.2) is 0 Å². The van der Waals surface area contributed by atoms with Gasteiger partial charge in [0.1, 0.15) is 5.82 Å². The molecule has 30 heavy (non-hydrogen) atoms. The summed E-state index contributed by atoms with van der Waals surface area (Å²) in [5.74, 6) is 0.994. The van der Waals surface area contributed by atoms with E-state index in [-0.39, 0.29) is 17.5 Å². The van der Waals surface area contributed by atoms with E-state index in [4.69, 9.17) is 10.5 Å². The number of aryl methyl sites for hydroxylation is 1. The number of hydrogen-bond acceptors (Lipinski definition) is 6. The lowest BCUT2D eigenvalue weighted by atomic mass is 10.0. The summed E-state index contributed by atoms with van der Waals surface area (Å²) in [5.41, 5.74) is 8.29. The molecule has 4 rings (SSSR count). The third kappa shape index (κ3) is 3.57. The fourth-order valence-electron chi connectivity index (χ4n) is 3.63. The number of aromatic nitrogens is 3. The summed E-state index contributed by atoms with van der Waals surface area (Å²) in [7, 11) is 1.52. The van der Waals surface area contributed by atoms with Crippen LogP contribution in [-0.2, 0) is 0 Å². The van der Waals surface area contributed by atoms with Gasteiger partial charge in [-0.15, -0.1) is 0 Å². The molecule has 7 heteroatoms. The maximum atomic E-state index is 13.6. The minimum atomic E-state index is -0.248. The Hall–Kier alpha value is -3.87. The van der Waals surface area contributed by atoms with Gasteiger partial charge in [0, 0.05) is 17.4 Å². The first-order valence-electron chi connectivity index (χ1n) is 9.63. The van der Waals surface area contributed by atoms with Crippen molar-refractivity contribution in [2.24, 2.45) is 0 Å². The molecule has 2 heterocycles. The number of rotatable bonds is 5. The van der Waals surface area contributed by atoms with Gasteiger partial charge >= 0.3 is 0 Å². The smallest absolute Gasteiger partial charge is 0.263 e. The zero-order valence-corrected chi connectivity index (χ0v) is 17.1. The van der Waals surface area contributed by atoms with Crippen molar-refractivity contribution >= 4 is 22.5 Å². The molecule has 3 N–H and O–H groups in total. The van der Waals surface area contributed by atoms with Gasteiger partial charge in [-0.2, -0.15) is 9.97 Å². The molecular formula is C23H23N5O2. The van der Waals surface area contributed by atoms with Gasteiger partial charge in [0.05, 0.1) is 18.5 Å². The van der Waals surface area contributed by atoms with Gasteiger partial charge in [0.25, 0.3) is 5.56 Å². The summed E-state index contributed by atoms with van der Waals surface area (Å²) < 4.78 is 6.92. The molecule has 0 aliphatic carbocycles. The molecule has 0 fully saturated rings. The van der Waals surface area contributed by atoms with E-state index in [9.17, 15) is 4.79 Å². The Balaban J connectivity index is 1.89. The average molecular weight is 401 g/mol. The number of methoxy groups -OCH3 is 1. The summed E-state index contributed by atoms with van der Waals surface area (Å²) in [6.07, 6.45) is 0. The Bertz CT molecular complexity index is 1270. The molecule has 152 valence electrons. The number of fused-ring (bicyclic) bond motifs is 1. The third-order valence-corrected chi connectivity index (χ3v) is 5.04. The number of hydrogen-bond donors (Lipinski definition) is 2. The summed E-state index contributed by atoms with van der Waals surface area (Å²) in [4.78, 5) is 21.8. The second-order valence-electron chi connectivity index (χ2n) is 7.10. The van der Waals surface area contributed by atoms with Crippen molar-refractivity contribution in [3.63, 3.8) is 0 Å². The number of ether oxygens (including phenoxy) is 1. The number of pyridine rings is 1. The van der Waals surface area contributed by atoms with Crippen LogP contribution in [0.1, 0.15) is 24.2 Å². The van der Waals surface area contributed by atoms with Gasteiger partial charge in [-0.3, -0.25) is 9.36 Å². The topological polar surface area (TPSA) is 95.1 Å². The first-order valence-corrected chi connectivity index (χ1v) is 9.63. The van der Waals surface area contributed by atoms with Gasteiger partial charge < -0.3 is 15.8 Å². The van der Waals surface area contributed by atoms with Crippen LogP contribution in [0.15, 0.2) is 65.5 Å². The number of nitrogens with one attached hydrogen (secondary N) is 1. The van der Waals surface area contributed by atoms with E-state index in [1.807, 2.05) is 68.4 Å². The number of benzene rings is 2. The van der Waals surface area contributed by atoms with Crippen molar-refractivity contribution in [1.29, 1.82) is 0 Å². The van der Waals surface area contributed by atoms with Crippen LogP contribution >= 0.6 is 0 Å². The lowest BCUT2D eigenvalue weighted by Crippen LogP contribution is -2.26. The highest BCUT2D eigenvalue weighted by Crippen LogP contribution is 2.26. The summed E-state index contributed by atoms with van der Waals surface area (Å²) in [5, 5.41) is 4.93. The molecule has 0 bridgehead atoms. The maximum absolute atomic E-state index is 13.6. The zero-order chi connectivity index (χ0) is 21.3. The van der Waals surface area contributed by atoms with Crippen molar-refractivity contribution in [3.8, 4) is 11.6 Å². The average Bonchev–Trinajstić information content (AvgIpc) is 2.73. The fourth-order valence-corrected chi connectivity index (χ4v) is 3.63.